The van der Waals surface area contributed by atoms with E-state index in [1.54, 1.807) is 34.7 Å². The van der Waals surface area contributed by atoms with E-state index in [9.17, 15) is 9.18 Å². The van der Waals surface area contributed by atoms with Gasteiger partial charge in [0.15, 0.2) is 0 Å². The van der Waals surface area contributed by atoms with Crippen molar-refractivity contribution >= 4 is 50.8 Å². The van der Waals surface area contributed by atoms with E-state index in [4.69, 9.17) is 21.4 Å². The number of hydrogen-bond acceptors (Lipinski definition) is 8. The van der Waals surface area contributed by atoms with Gasteiger partial charge in [-0.15, -0.1) is 11.3 Å². The van der Waals surface area contributed by atoms with Crippen LogP contribution >= 0.6 is 22.9 Å². The molecule has 40 heavy (non-hydrogen) atoms. The highest BCUT2D eigenvalue weighted by Crippen LogP contribution is 2.45. The molecule has 0 atom stereocenters. The van der Waals surface area contributed by atoms with Crippen LogP contribution < -0.4 is 5.32 Å². The number of ether oxygens (including phenoxy) is 1. The van der Waals surface area contributed by atoms with Crippen molar-refractivity contribution in [2.24, 2.45) is 0 Å². The minimum Gasteiger partial charge on any atom is -0.444 e. The smallest absolute Gasteiger partial charge is 0.410 e. The van der Waals surface area contributed by atoms with Gasteiger partial charge in [0.1, 0.15) is 28.4 Å². The lowest BCUT2D eigenvalue weighted by Gasteiger charge is -2.35. The van der Waals surface area contributed by atoms with Gasteiger partial charge in [0, 0.05) is 55.0 Å². The van der Waals surface area contributed by atoms with Crippen molar-refractivity contribution in [2.45, 2.75) is 45.8 Å². The molecule has 1 amide bonds. The summed E-state index contributed by atoms with van der Waals surface area (Å²) in [6.45, 7) is 10.3. The summed E-state index contributed by atoms with van der Waals surface area (Å²) in [4.78, 5) is 27.6. The van der Waals surface area contributed by atoms with Gasteiger partial charge in [-0.2, -0.15) is 5.10 Å². The first-order valence-electron chi connectivity index (χ1n) is 13.4. The van der Waals surface area contributed by atoms with E-state index in [2.05, 4.69) is 26.4 Å². The summed E-state index contributed by atoms with van der Waals surface area (Å²) in [7, 11) is 0. The van der Waals surface area contributed by atoms with Crippen molar-refractivity contribution in [3.63, 3.8) is 0 Å². The number of rotatable bonds is 5. The van der Waals surface area contributed by atoms with Gasteiger partial charge in [-0.3, -0.25) is 9.58 Å². The Morgan fingerprint density at radius 3 is 2.70 bits per heavy atom. The second-order valence-electron chi connectivity index (χ2n) is 11.1. The van der Waals surface area contributed by atoms with Gasteiger partial charge in [-0.05, 0) is 57.4 Å². The number of aryl methyl sites for hydroxylation is 2. The third-order valence-corrected chi connectivity index (χ3v) is 8.60. The number of halogens is 2. The molecule has 1 saturated heterocycles. The molecule has 1 aliphatic carbocycles. The Bertz CT molecular complexity index is 1570. The number of amides is 1. The van der Waals surface area contributed by atoms with Crippen molar-refractivity contribution in [1.29, 1.82) is 0 Å². The lowest BCUT2D eigenvalue weighted by atomic mass is 9.95. The van der Waals surface area contributed by atoms with Crippen LogP contribution in [0.15, 0.2) is 30.7 Å². The Labute approximate surface area is 240 Å². The van der Waals surface area contributed by atoms with Crippen LogP contribution in [0.2, 0.25) is 5.02 Å². The lowest BCUT2D eigenvalue weighted by molar-refractivity contribution is 0.0142. The fourth-order valence-electron chi connectivity index (χ4n) is 5.17. The molecule has 1 fully saturated rings. The number of thiophene rings is 1. The van der Waals surface area contributed by atoms with Crippen LogP contribution in [0.5, 0.6) is 0 Å². The maximum atomic E-state index is 13.6. The number of nitrogens with zero attached hydrogens (tertiary/aromatic N) is 6. The van der Waals surface area contributed by atoms with Crippen molar-refractivity contribution in [3.05, 3.63) is 52.8 Å². The highest BCUT2D eigenvalue weighted by molar-refractivity contribution is 7.22. The minimum atomic E-state index is -0.483. The van der Waals surface area contributed by atoms with E-state index in [1.807, 2.05) is 25.5 Å². The molecule has 4 aromatic rings. The molecule has 0 saturated carbocycles. The SMILES string of the molecule is CC(C)(C)OC(=O)N1CCN(CCn2cc3c(n2)CCc2c-3sc3ncnc(Nc4ccc(F)c(Cl)c4)c23)CC1. The van der Waals surface area contributed by atoms with Crippen LogP contribution in [-0.2, 0) is 24.1 Å². The fourth-order valence-corrected chi connectivity index (χ4v) is 6.57. The summed E-state index contributed by atoms with van der Waals surface area (Å²) in [6, 6.07) is 4.55. The van der Waals surface area contributed by atoms with Crippen LogP contribution in [0.4, 0.5) is 20.7 Å². The molecular weight excluding hydrogens is 553 g/mol. The average molecular weight is 584 g/mol. The largest absolute Gasteiger partial charge is 0.444 e. The number of hydrogen-bond donors (Lipinski definition) is 1. The minimum absolute atomic E-state index is 0.0598. The van der Waals surface area contributed by atoms with Crippen molar-refractivity contribution < 1.29 is 13.9 Å². The predicted molar refractivity (Wildman–Crippen MR) is 155 cm³/mol. The number of nitrogens with one attached hydrogen (secondary N) is 1. The predicted octanol–water partition coefficient (Wildman–Crippen LogP) is 5.74. The Morgan fingerprint density at radius 1 is 1.15 bits per heavy atom. The molecule has 210 valence electrons. The molecule has 1 N–H and O–H groups in total. The molecule has 12 heteroatoms. The molecule has 6 rings (SSSR count). The quantitative estimate of drug-likeness (QED) is 0.320. The van der Waals surface area contributed by atoms with Crippen molar-refractivity contribution in [2.75, 3.05) is 38.0 Å². The Balaban J connectivity index is 1.15. The van der Waals surface area contributed by atoms with E-state index in [0.717, 1.165) is 60.5 Å². The first kappa shape index (κ1) is 26.9. The van der Waals surface area contributed by atoms with E-state index < -0.39 is 11.4 Å². The van der Waals surface area contributed by atoms with Crippen LogP contribution in [0.1, 0.15) is 32.0 Å². The molecule has 0 radical (unpaired) electrons. The third kappa shape index (κ3) is 5.50. The van der Waals surface area contributed by atoms with E-state index >= 15 is 0 Å². The van der Waals surface area contributed by atoms with E-state index in [0.29, 0.717) is 24.6 Å². The number of carbonyl (C=O) groups excluding carboxylic acids is 1. The standard InChI is InChI=1S/C28H31ClFN7O2S/c1-28(2,3)39-27(38)36-11-8-35(9-12-36)10-13-37-15-19-22(34-37)7-5-18-23-25(31-16-32-26(23)40-24(18)19)33-17-4-6-21(30)20(29)14-17/h4,6,14-16H,5,7-13H2,1-3H3,(H,31,32,33). The Kier molecular flexibility index (Phi) is 7.14. The molecule has 0 spiro atoms. The molecule has 1 aliphatic heterocycles. The lowest BCUT2D eigenvalue weighted by Crippen LogP contribution is -2.50. The number of carbonyl (C=O) groups is 1. The molecule has 0 unspecified atom stereocenters. The summed E-state index contributed by atoms with van der Waals surface area (Å²) in [5.74, 6) is 0.229. The summed E-state index contributed by atoms with van der Waals surface area (Å²) in [6.07, 6.45) is 5.13. The molecule has 2 aliphatic rings. The highest BCUT2D eigenvalue weighted by Gasteiger charge is 2.28. The zero-order valence-electron chi connectivity index (χ0n) is 22.7. The highest BCUT2D eigenvalue weighted by atomic mass is 35.5. The van der Waals surface area contributed by atoms with Crippen LogP contribution in [-0.4, -0.2) is 74.0 Å². The zero-order chi connectivity index (χ0) is 28.0. The number of piperazine rings is 1. The average Bonchev–Trinajstić information content (AvgIpc) is 3.50. The topological polar surface area (TPSA) is 88.4 Å². The maximum Gasteiger partial charge on any atom is 0.410 e. The van der Waals surface area contributed by atoms with Gasteiger partial charge >= 0.3 is 6.09 Å². The summed E-state index contributed by atoms with van der Waals surface area (Å²) in [5.41, 5.74) is 3.64. The first-order valence-corrected chi connectivity index (χ1v) is 14.6. The number of benzene rings is 1. The van der Waals surface area contributed by atoms with Gasteiger partial charge in [-0.25, -0.2) is 19.2 Å². The summed E-state index contributed by atoms with van der Waals surface area (Å²) < 4.78 is 21.2. The third-order valence-electron chi connectivity index (χ3n) is 7.13. The van der Waals surface area contributed by atoms with Gasteiger partial charge in [0.2, 0.25) is 0 Å². The molecule has 9 nitrogen and oxygen atoms in total. The van der Waals surface area contributed by atoms with Gasteiger partial charge in [0.25, 0.3) is 0 Å². The van der Waals surface area contributed by atoms with Crippen LogP contribution in [0.3, 0.4) is 0 Å². The monoisotopic (exact) mass is 583 g/mol. The zero-order valence-corrected chi connectivity index (χ0v) is 24.3. The molecule has 3 aromatic heterocycles. The first-order chi connectivity index (χ1) is 19.1. The number of anilines is 2. The molecule has 4 heterocycles. The van der Waals surface area contributed by atoms with E-state index in [-0.39, 0.29) is 11.1 Å². The second-order valence-corrected chi connectivity index (χ2v) is 12.5. The van der Waals surface area contributed by atoms with Crippen LogP contribution in [0.25, 0.3) is 20.7 Å². The van der Waals surface area contributed by atoms with Crippen molar-refractivity contribution in [3.8, 4) is 10.4 Å². The van der Waals surface area contributed by atoms with E-state index in [1.165, 1.54) is 16.5 Å². The van der Waals surface area contributed by atoms with Gasteiger partial charge < -0.3 is 15.0 Å². The molecule has 0 bridgehead atoms. The number of aromatic nitrogens is 4. The maximum absolute atomic E-state index is 13.6. The second kappa shape index (κ2) is 10.6. The van der Waals surface area contributed by atoms with Gasteiger partial charge in [-0.1, -0.05) is 11.6 Å². The molecular formula is C28H31ClFN7O2S. The Morgan fingerprint density at radius 2 is 1.95 bits per heavy atom. The van der Waals surface area contributed by atoms with Gasteiger partial charge in [0.05, 0.1) is 22.6 Å². The normalized spacial score (nSPS) is 15.7. The molecule has 1 aromatic carbocycles. The van der Waals surface area contributed by atoms with Crippen molar-refractivity contribution in [1.82, 2.24) is 29.5 Å². The number of fused-ring (bicyclic) bond motifs is 5. The van der Waals surface area contributed by atoms with Crippen LogP contribution in [0, 0.1) is 5.82 Å². The summed E-state index contributed by atoms with van der Waals surface area (Å²) in [5, 5.41) is 9.26. The summed E-state index contributed by atoms with van der Waals surface area (Å²) >= 11 is 7.64. The Hall–Kier alpha value is -3.28. The fraction of sp³-hybridized carbons (Fsp3) is 0.429.